The van der Waals surface area contributed by atoms with E-state index in [0.29, 0.717) is 5.16 Å². The molecule has 0 saturated carbocycles. The summed E-state index contributed by atoms with van der Waals surface area (Å²) in [7, 11) is 3.05. The van der Waals surface area contributed by atoms with Gasteiger partial charge in [0, 0.05) is 19.8 Å². The van der Waals surface area contributed by atoms with Crippen molar-refractivity contribution in [3.05, 3.63) is 20.8 Å². The number of aliphatic carboxylic acids is 1. The molecule has 18 heavy (non-hydrogen) atoms. The van der Waals surface area contributed by atoms with Crippen LogP contribution in [-0.4, -0.2) is 30.8 Å². The zero-order valence-electron chi connectivity index (χ0n) is 9.59. The number of fused-ring (bicyclic) bond motifs is 1. The number of aromatic amines is 1. The van der Waals surface area contributed by atoms with E-state index >= 15 is 0 Å². The summed E-state index contributed by atoms with van der Waals surface area (Å²) in [6, 6.07) is 0. The monoisotopic (exact) mass is 269 g/mol. The van der Waals surface area contributed by atoms with Crippen LogP contribution in [0.4, 0.5) is 0 Å². The van der Waals surface area contributed by atoms with Gasteiger partial charge in [-0.1, -0.05) is 11.8 Å². The fourth-order valence-corrected chi connectivity index (χ4v) is 2.22. The quantitative estimate of drug-likeness (QED) is 0.633. The number of hydrogen-bond donors (Lipinski definition) is 1. The molecular formula is C9H9N4O4S-. The highest BCUT2D eigenvalue weighted by Gasteiger charge is 2.14. The third-order valence-corrected chi connectivity index (χ3v) is 3.42. The molecule has 8 nitrogen and oxygen atoms in total. The summed E-state index contributed by atoms with van der Waals surface area (Å²) in [4.78, 5) is 39.7. The predicted octanol–water partition coefficient (Wildman–Crippen LogP) is -2.20. The van der Waals surface area contributed by atoms with E-state index in [4.69, 9.17) is 0 Å². The number of imidazole rings is 1. The van der Waals surface area contributed by atoms with E-state index in [0.717, 1.165) is 11.8 Å². The van der Waals surface area contributed by atoms with Crippen molar-refractivity contribution >= 4 is 28.9 Å². The second-order valence-corrected chi connectivity index (χ2v) is 4.55. The normalized spacial score (nSPS) is 11.0. The first-order valence-corrected chi connectivity index (χ1v) is 5.88. The summed E-state index contributed by atoms with van der Waals surface area (Å²) in [5.41, 5.74) is -0.685. The molecule has 0 aliphatic carbocycles. The van der Waals surface area contributed by atoms with Crippen LogP contribution < -0.4 is 16.4 Å². The lowest BCUT2D eigenvalue weighted by atomic mass is 10.5. The Morgan fingerprint density at radius 1 is 1.39 bits per heavy atom. The SMILES string of the molecule is Cn1c(SCC(=O)[O-])nc2c1c(=O)[nH]c(=O)n2C. The van der Waals surface area contributed by atoms with Crippen molar-refractivity contribution in [2.75, 3.05) is 5.75 Å². The Labute approximate surface area is 104 Å². The summed E-state index contributed by atoms with van der Waals surface area (Å²) in [5.74, 6) is -1.50. The van der Waals surface area contributed by atoms with Crippen LogP contribution in [0, 0.1) is 0 Å². The smallest absolute Gasteiger partial charge is 0.329 e. The zero-order chi connectivity index (χ0) is 13.4. The summed E-state index contributed by atoms with van der Waals surface area (Å²) < 4.78 is 2.64. The van der Waals surface area contributed by atoms with Crippen molar-refractivity contribution in [2.45, 2.75) is 5.16 Å². The fraction of sp³-hybridized carbons (Fsp3) is 0.333. The van der Waals surface area contributed by atoms with Gasteiger partial charge in [-0.05, 0) is 0 Å². The van der Waals surface area contributed by atoms with Gasteiger partial charge in [0.15, 0.2) is 16.3 Å². The van der Waals surface area contributed by atoms with Gasteiger partial charge < -0.3 is 14.5 Å². The Kier molecular flexibility index (Phi) is 2.99. The number of nitrogens with one attached hydrogen (secondary N) is 1. The number of H-pyrrole nitrogens is 1. The molecule has 96 valence electrons. The van der Waals surface area contributed by atoms with Gasteiger partial charge in [-0.3, -0.25) is 14.3 Å². The molecule has 0 aliphatic heterocycles. The van der Waals surface area contributed by atoms with Gasteiger partial charge in [-0.25, -0.2) is 9.78 Å². The first kappa shape index (κ1) is 12.4. The van der Waals surface area contributed by atoms with Gasteiger partial charge >= 0.3 is 5.69 Å². The lowest BCUT2D eigenvalue weighted by Crippen LogP contribution is -2.29. The number of hydrogen-bond acceptors (Lipinski definition) is 6. The Morgan fingerprint density at radius 2 is 2.06 bits per heavy atom. The Hall–Kier alpha value is -2.03. The molecule has 0 unspecified atom stereocenters. The van der Waals surface area contributed by atoms with E-state index in [1.807, 2.05) is 0 Å². The highest BCUT2D eigenvalue weighted by molar-refractivity contribution is 7.99. The van der Waals surface area contributed by atoms with Gasteiger partial charge in [0.1, 0.15) is 0 Å². The van der Waals surface area contributed by atoms with Gasteiger partial charge in [-0.15, -0.1) is 0 Å². The van der Waals surface area contributed by atoms with E-state index < -0.39 is 17.2 Å². The molecule has 9 heteroatoms. The van der Waals surface area contributed by atoms with Gasteiger partial charge in [0.25, 0.3) is 5.56 Å². The molecule has 0 saturated heterocycles. The summed E-state index contributed by atoms with van der Waals surface area (Å²) in [6.07, 6.45) is 0. The molecule has 0 atom stereocenters. The number of rotatable bonds is 3. The van der Waals surface area contributed by atoms with Crippen LogP contribution in [0.15, 0.2) is 14.7 Å². The second kappa shape index (κ2) is 4.33. The van der Waals surface area contributed by atoms with E-state index in [1.54, 1.807) is 7.05 Å². The van der Waals surface area contributed by atoms with Crippen LogP contribution in [0.5, 0.6) is 0 Å². The molecule has 0 fully saturated rings. The molecule has 2 aromatic rings. The minimum absolute atomic E-state index is 0.215. The van der Waals surface area contributed by atoms with Gasteiger partial charge in [-0.2, -0.15) is 0 Å². The lowest BCUT2D eigenvalue weighted by molar-refractivity contribution is -0.301. The minimum atomic E-state index is -1.23. The summed E-state index contributed by atoms with van der Waals surface area (Å²) >= 11 is 0.926. The standard InChI is InChI=1S/C9H10N4O4S/c1-12-5-6(10-9(12)18-3-4(14)15)13(2)8(17)11-7(5)16/h3H2,1-2H3,(H,14,15)(H,11,16,17)/p-1. The molecule has 2 heterocycles. The maximum Gasteiger partial charge on any atom is 0.329 e. The number of thioether (sulfide) groups is 1. The van der Waals surface area contributed by atoms with Crippen LogP contribution in [-0.2, 0) is 18.9 Å². The van der Waals surface area contributed by atoms with Gasteiger partial charge in [0.05, 0.1) is 5.97 Å². The Bertz CT molecular complexity index is 741. The van der Waals surface area contributed by atoms with Crippen molar-refractivity contribution in [3.63, 3.8) is 0 Å². The molecule has 0 radical (unpaired) electrons. The summed E-state index contributed by atoms with van der Waals surface area (Å²) in [6.45, 7) is 0. The highest BCUT2D eigenvalue weighted by Crippen LogP contribution is 2.19. The first-order valence-electron chi connectivity index (χ1n) is 4.90. The second-order valence-electron chi connectivity index (χ2n) is 3.60. The molecule has 1 N–H and O–H groups in total. The largest absolute Gasteiger partial charge is 0.549 e. The summed E-state index contributed by atoms with van der Waals surface area (Å²) in [5, 5.41) is 10.7. The third-order valence-electron chi connectivity index (χ3n) is 2.41. The average molecular weight is 269 g/mol. The molecule has 0 bridgehead atoms. The van der Waals surface area contributed by atoms with Gasteiger partial charge in [0.2, 0.25) is 0 Å². The number of carbonyl (C=O) groups is 1. The average Bonchev–Trinajstić information content (AvgIpc) is 2.61. The maximum atomic E-state index is 11.7. The number of nitrogens with zero attached hydrogens (tertiary/aromatic N) is 3. The minimum Gasteiger partial charge on any atom is -0.549 e. The van der Waals surface area contributed by atoms with Crippen molar-refractivity contribution < 1.29 is 9.90 Å². The first-order chi connectivity index (χ1) is 8.41. The van der Waals surface area contributed by atoms with Crippen LogP contribution in [0.2, 0.25) is 0 Å². The topological polar surface area (TPSA) is 113 Å². The number of carboxylic acids is 1. The van der Waals surface area contributed by atoms with Crippen LogP contribution >= 0.6 is 11.8 Å². The predicted molar refractivity (Wildman–Crippen MR) is 62.3 cm³/mol. The zero-order valence-corrected chi connectivity index (χ0v) is 10.4. The van der Waals surface area contributed by atoms with E-state index in [9.17, 15) is 19.5 Å². The van der Waals surface area contributed by atoms with Crippen molar-refractivity contribution in [2.24, 2.45) is 14.1 Å². The molecule has 0 amide bonds. The lowest BCUT2D eigenvalue weighted by Gasteiger charge is -2.01. The molecule has 0 aromatic carbocycles. The Balaban J connectivity index is 2.66. The number of carboxylic acid groups (broad SMARTS) is 1. The van der Waals surface area contributed by atoms with Crippen LogP contribution in [0.3, 0.4) is 0 Å². The molecule has 2 aromatic heterocycles. The Morgan fingerprint density at radius 3 is 2.67 bits per heavy atom. The highest BCUT2D eigenvalue weighted by atomic mass is 32.2. The number of aromatic nitrogens is 4. The van der Waals surface area contributed by atoms with Crippen molar-refractivity contribution in [1.82, 2.24) is 19.1 Å². The molecule has 0 aliphatic rings. The van der Waals surface area contributed by atoms with Crippen LogP contribution in [0.1, 0.15) is 0 Å². The van der Waals surface area contributed by atoms with Crippen LogP contribution in [0.25, 0.3) is 11.2 Å². The maximum absolute atomic E-state index is 11.7. The third kappa shape index (κ3) is 1.92. The number of aryl methyl sites for hydroxylation is 2. The molecule has 2 rings (SSSR count). The van der Waals surface area contributed by atoms with Crippen molar-refractivity contribution in [3.8, 4) is 0 Å². The van der Waals surface area contributed by atoms with E-state index in [1.165, 1.54) is 16.2 Å². The van der Waals surface area contributed by atoms with E-state index in [2.05, 4.69) is 9.97 Å². The van der Waals surface area contributed by atoms with E-state index in [-0.39, 0.29) is 16.9 Å². The fourth-order valence-electron chi connectivity index (χ4n) is 1.54. The molecule has 0 spiro atoms. The van der Waals surface area contributed by atoms with Crippen molar-refractivity contribution in [1.29, 1.82) is 0 Å². The number of carbonyl (C=O) groups excluding carboxylic acids is 1. The molecular weight excluding hydrogens is 260 g/mol.